The third-order valence-electron chi connectivity index (χ3n) is 4.26. The zero-order chi connectivity index (χ0) is 22.8. The number of aryl methyl sites for hydroxylation is 1. The van der Waals surface area contributed by atoms with Crippen LogP contribution in [0.1, 0.15) is 11.1 Å². The highest BCUT2D eigenvalue weighted by atomic mass is 35.5. The van der Waals surface area contributed by atoms with Crippen molar-refractivity contribution in [2.24, 2.45) is 0 Å². The lowest BCUT2D eigenvalue weighted by molar-refractivity contribution is 0.599. The molecule has 0 aliphatic heterocycles. The third kappa shape index (κ3) is 6.05. The van der Waals surface area contributed by atoms with E-state index < -0.39 is 25.8 Å². The van der Waals surface area contributed by atoms with Crippen molar-refractivity contribution >= 4 is 66.2 Å². The molecule has 0 atom stereocenters. The van der Waals surface area contributed by atoms with Gasteiger partial charge in [-0.3, -0.25) is 9.44 Å². The monoisotopic (exact) mass is 518 g/mol. The maximum absolute atomic E-state index is 12.6. The predicted molar refractivity (Wildman–Crippen MR) is 126 cm³/mol. The summed E-state index contributed by atoms with van der Waals surface area (Å²) < 4.78 is 55.0. The van der Waals surface area contributed by atoms with Crippen molar-refractivity contribution in [2.45, 2.75) is 17.6 Å². The van der Waals surface area contributed by atoms with E-state index in [-0.39, 0.29) is 26.2 Å². The number of benzene rings is 3. The Morgan fingerprint density at radius 2 is 1.32 bits per heavy atom. The van der Waals surface area contributed by atoms with Gasteiger partial charge in [0.1, 0.15) is 0 Å². The average molecular weight is 520 g/mol. The summed E-state index contributed by atoms with van der Waals surface area (Å²) >= 11 is 18.1. The molecule has 0 heterocycles. The number of halogens is 3. The Morgan fingerprint density at radius 1 is 0.742 bits per heavy atom. The lowest BCUT2D eigenvalue weighted by Crippen LogP contribution is -2.16. The highest BCUT2D eigenvalue weighted by Gasteiger charge is 2.18. The first-order valence-electron chi connectivity index (χ1n) is 8.79. The summed E-state index contributed by atoms with van der Waals surface area (Å²) in [4.78, 5) is -0.0405. The minimum absolute atomic E-state index is 0.0405. The summed E-state index contributed by atoms with van der Waals surface area (Å²) in [7, 11) is -7.72. The fourth-order valence-corrected chi connectivity index (χ4v) is 5.83. The van der Waals surface area contributed by atoms with Gasteiger partial charge in [-0.1, -0.05) is 46.9 Å². The summed E-state index contributed by atoms with van der Waals surface area (Å²) in [5, 5.41) is 0.909. The Labute approximate surface area is 196 Å². The number of hydrogen-bond acceptors (Lipinski definition) is 4. The molecule has 3 aromatic rings. The average Bonchev–Trinajstić information content (AvgIpc) is 2.68. The zero-order valence-electron chi connectivity index (χ0n) is 16.1. The quantitative estimate of drug-likeness (QED) is 0.419. The molecule has 0 aliphatic carbocycles. The molecule has 0 aliphatic rings. The van der Waals surface area contributed by atoms with Gasteiger partial charge in [-0.05, 0) is 61.0 Å². The molecule has 0 amide bonds. The van der Waals surface area contributed by atoms with Crippen molar-refractivity contribution in [3.05, 3.63) is 86.9 Å². The Bertz CT molecular complexity index is 1310. The maximum atomic E-state index is 12.6. The first kappa shape index (κ1) is 23.7. The second-order valence-electron chi connectivity index (χ2n) is 6.66. The minimum Gasteiger partial charge on any atom is -0.283 e. The second kappa shape index (κ2) is 9.26. The van der Waals surface area contributed by atoms with Gasteiger partial charge >= 0.3 is 0 Å². The van der Waals surface area contributed by atoms with E-state index in [0.29, 0.717) is 10.7 Å². The Hall–Kier alpha value is -1.97. The van der Waals surface area contributed by atoms with Crippen LogP contribution in [0.3, 0.4) is 0 Å². The van der Waals surface area contributed by atoms with Crippen LogP contribution in [-0.2, 0) is 25.8 Å². The van der Waals surface area contributed by atoms with Crippen molar-refractivity contribution in [1.82, 2.24) is 0 Å². The van der Waals surface area contributed by atoms with Gasteiger partial charge in [-0.25, -0.2) is 16.8 Å². The van der Waals surface area contributed by atoms with E-state index >= 15 is 0 Å². The molecule has 164 valence electrons. The topological polar surface area (TPSA) is 92.3 Å². The molecule has 3 rings (SSSR count). The first-order valence-corrected chi connectivity index (χ1v) is 13.1. The highest BCUT2D eigenvalue weighted by molar-refractivity contribution is 7.92. The summed E-state index contributed by atoms with van der Waals surface area (Å²) in [6.45, 7) is 1.81. The van der Waals surface area contributed by atoms with Crippen LogP contribution in [0.2, 0.25) is 15.1 Å². The van der Waals surface area contributed by atoms with E-state index in [0.717, 1.165) is 5.56 Å². The van der Waals surface area contributed by atoms with Gasteiger partial charge in [0.25, 0.3) is 10.0 Å². The van der Waals surface area contributed by atoms with Crippen LogP contribution >= 0.6 is 34.8 Å². The van der Waals surface area contributed by atoms with Gasteiger partial charge in [-0.2, -0.15) is 0 Å². The number of rotatable bonds is 7. The van der Waals surface area contributed by atoms with Crippen LogP contribution in [-0.4, -0.2) is 16.8 Å². The SMILES string of the molecule is Cc1ccc(NS(=O)(=O)c2ccc(NS(=O)(=O)Cc3c(Cl)cccc3Cl)cc2)cc1Cl. The van der Waals surface area contributed by atoms with Gasteiger partial charge in [0.15, 0.2) is 0 Å². The standard InChI is InChI=1S/C20H17Cl3N2O4S2/c1-13-5-6-15(11-20(13)23)25-31(28,29)16-9-7-14(8-10-16)24-30(26,27)12-17-18(21)3-2-4-19(17)22/h2-11,24-25H,12H2,1H3. The van der Waals surface area contributed by atoms with Gasteiger partial charge in [0, 0.05) is 26.3 Å². The number of anilines is 2. The molecule has 6 nitrogen and oxygen atoms in total. The molecule has 0 spiro atoms. The molecule has 0 bridgehead atoms. The molecule has 11 heteroatoms. The molecule has 3 aromatic carbocycles. The highest BCUT2D eigenvalue weighted by Crippen LogP contribution is 2.27. The van der Waals surface area contributed by atoms with Crippen molar-refractivity contribution in [2.75, 3.05) is 9.44 Å². The van der Waals surface area contributed by atoms with E-state index in [2.05, 4.69) is 9.44 Å². The normalized spacial score (nSPS) is 11.9. The molecule has 0 radical (unpaired) electrons. The molecule has 0 aromatic heterocycles. The fourth-order valence-electron chi connectivity index (χ4n) is 2.65. The Morgan fingerprint density at radius 3 is 1.90 bits per heavy atom. The number of sulfonamides is 2. The van der Waals surface area contributed by atoms with E-state index in [1.54, 1.807) is 37.3 Å². The number of nitrogens with one attached hydrogen (secondary N) is 2. The van der Waals surface area contributed by atoms with Crippen molar-refractivity contribution in [1.29, 1.82) is 0 Å². The zero-order valence-corrected chi connectivity index (χ0v) is 20.0. The number of hydrogen-bond donors (Lipinski definition) is 2. The minimum atomic E-state index is -3.88. The van der Waals surface area contributed by atoms with Gasteiger partial charge in [-0.15, -0.1) is 0 Å². The lowest BCUT2D eigenvalue weighted by Gasteiger charge is -2.12. The van der Waals surface area contributed by atoms with E-state index in [4.69, 9.17) is 34.8 Å². The molecular formula is C20H17Cl3N2O4S2. The second-order valence-corrected chi connectivity index (χ2v) is 11.3. The van der Waals surface area contributed by atoms with Crippen LogP contribution < -0.4 is 9.44 Å². The van der Waals surface area contributed by atoms with Crippen LogP contribution in [0.25, 0.3) is 0 Å². The lowest BCUT2D eigenvalue weighted by atomic mass is 10.2. The largest absolute Gasteiger partial charge is 0.283 e. The Kier molecular flexibility index (Phi) is 7.08. The van der Waals surface area contributed by atoms with E-state index in [9.17, 15) is 16.8 Å². The molecule has 31 heavy (non-hydrogen) atoms. The molecule has 0 unspecified atom stereocenters. The first-order chi connectivity index (χ1) is 14.5. The van der Waals surface area contributed by atoms with Crippen molar-refractivity contribution < 1.29 is 16.8 Å². The maximum Gasteiger partial charge on any atom is 0.261 e. The van der Waals surface area contributed by atoms with Crippen LogP contribution in [0.4, 0.5) is 11.4 Å². The van der Waals surface area contributed by atoms with Gasteiger partial charge in [0.2, 0.25) is 10.0 Å². The predicted octanol–water partition coefficient (Wildman–Crippen LogP) is 5.70. The van der Waals surface area contributed by atoms with E-state index in [1.807, 2.05) is 0 Å². The van der Waals surface area contributed by atoms with Crippen molar-refractivity contribution in [3.63, 3.8) is 0 Å². The third-order valence-corrected chi connectivity index (χ3v) is 7.99. The fraction of sp³-hybridized carbons (Fsp3) is 0.100. The Balaban J connectivity index is 1.75. The van der Waals surface area contributed by atoms with Gasteiger partial charge < -0.3 is 0 Å². The van der Waals surface area contributed by atoms with Crippen molar-refractivity contribution in [3.8, 4) is 0 Å². The summed E-state index contributed by atoms with van der Waals surface area (Å²) in [5.74, 6) is -0.429. The molecule has 2 N–H and O–H groups in total. The van der Waals surface area contributed by atoms with Crippen LogP contribution in [0.15, 0.2) is 65.6 Å². The summed E-state index contributed by atoms with van der Waals surface area (Å²) in [6.07, 6.45) is 0. The molecule has 0 fully saturated rings. The summed E-state index contributed by atoms with van der Waals surface area (Å²) in [6, 6.07) is 14.8. The van der Waals surface area contributed by atoms with Crippen LogP contribution in [0.5, 0.6) is 0 Å². The molecule has 0 saturated carbocycles. The molecular weight excluding hydrogens is 503 g/mol. The van der Waals surface area contributed by atoms with Crippen LogP contribution in [0, 0.1) is 6.92 Å². The van der Waals surface area contributed by atoms with Gasteiger partial charge in [0.05, 0.1) is 16.3 Å². The summed E-state index contributed by atoms with van der Waals surface area (Å²) in [5.41, 5.74) is 1.61. The van der Waals surface area contributed by atoms with E-state index in [1.165, 1.54) is 30.3 Å². The smallest absolute Gasteiger partial charge is 0.261 e. The molecule has 0 saturated heterocycles.